The van der Waals surface area contributed by atoms with Gasteiger partial charge in [-0.2, -0.15) is 0 Å². The maximum absolute atomic E-state index is 12.7. The Bertz CT molecular complexity index is 482. The third-order valence-electron chi connectivity index (χ3n) is 3.83. The van der Waals surface area contributed by atoms with Crippen LogP contribution in [0.1, 0.15) is 50.5 Å². The first-order valence-electron chi connectivity index (χ1n) is 7.27. The van der Waals surface area contributed by atoms with E-state index in [1.807, 2.05) is 11.8 Å². The zero-order valence-electron chi connectivity index (χ0n) is 12.3. The lowest BCUT2D eigenvalue weighted by Crippen LogP contribution is -2.47. The van der Waals surface area contributed by atoms with Crippen molar-refractivity contribution in [1.29, 1.82) is 0 Å². The molecule has 1 aromatic rings. The van der Waals surface area contributed by atoms with Crippen LogP contribution in [0.3, 0.4) is 0 Å². The lowest BCUT2D eigenvalue weighted by molar-refractivity contribution is 0.0505. The molecule has 0 spiro atoms. The predicted octanol–water partition coefficient (Wildman–Crippen LogP) is 3.57. The van der Waals surface area contributed by atoms with Crippen LogP contribution >= 0.6 is 11.6 Å². The molecule has 0 unspecified atom stereocenters. The minimum atomic E-state index is -0.0607. The van der Waals surface area contributed by atoms with Crippen molar-refractivity contribution in [2.45, 2.75) is 52.1 Å². The Morgan fingerprint density at radius 2 is 2.05 bits per heavy atom. The third kappa shape index (κ3) is 3.06. The van der Waals surface area contributed by atoms with Crippen molar-refractivity contribution in [3.8, 4) is 0 Å². The standard InChI is InChI=1S/C15H22ClN3O/c1-4-17-13-9-8-12(16)14(18-13)15(20)19-10(2)6-5-7-11(19)3/h8-11H,4-7H2,1-3H3,(H,17,18)/t10-,11+. The summed E-state index contributed by atoms with van der Waals surface area (Å²) in [6.07, 6.45) is 3.26. The topological polar surface area (TPSA) is 45.2 Å². The highest BCUT2D eigenvalue weighted by Gasteiger charge is 2.31. The number of piperidine rings is 1. The molecule has 1 aliphatic rings. The Morgan fingerprint density at radius 3 is 2.65 bits per heavy atom. The van der Waals surface area contributed by atoms with Gasteiger partial charge in [0.2, 0.25) is 0 Å². The van der Waals surface area contributed by atoms with Gasteiger partial charge in [-0.25, -0.2) is 4.98 Å². The van der Waals surface area contributed by atoms with Crippen LogP contribution in [0.5, 0.6) is 0 Å². The summed E-state index contributed by atoms with van der Waals surface area (Å²) in [5.41, 5.74) is 0.353. The molecule has 2 heterocycles. The second-order valence-electron chi connectivity index (χ2n) is 5.40. The maximum atomic E-state index is 12.7. The number of carbonyl (C=O) groups excluding carboxylic acids is 1. The zero-order valence-corrected chi connectivity index (χ0v) is 13.1. The lowest BCUT2D eigenvalue weighted by atomic mass is 9.97. The molecule has 1 saturated heterocycles. The van der Waals surface area contributed by atoms with E-state index in [4.69, 9.17) is 11.6 Å². The highest BCUT2D eigenvalue weighted by Crippen LogP contribution is 2.26. The van der Waals surface area contributed by atoms with Gasteiger partial charge < -0.3 is 10.2 Å². The summed E-state index contributed by atoms with van der Waals surface area (Å²) in [5.74, 6) is 0.631. The van der Waals surface area contributed by atoms with Crippen LogP contribution in [-0.2, 0) is 0 Å². The molecular formula is C15H22ClN3O. The predicted molar refractivity (Wildman–Crippen MR) is 82.4 cm³/mol. The Kier molecular flexibility index (Phi) is 4.86. The van der Waals surface area contributed by atoms with Crippen LogP contribution in [0.15, 0.2) is 12.1 Å². The average Bonchev–Trinajstić information content (AvgIpc) is 2.41. The van der Waals surface area contributed by atoms with Gasteiger partial charge in [0.05, 0.1) is 5.02 Å². The number of hydrogen-bond acceptors (Lipinski definition) is 3. The summed E-state index contributed by atoms with van der Waals surface area (Å²) < 4.78 is 0. The normalized spacial score (nSPS) is 22.7. The molecule has 1 aromatic heterocycles. The van der Waals surface area contributed by atoms with Gasteiger partial charge in [-0.3, -0.25) is 4.79 Å². The van der Waals surface area contributed by atoms with E-state index < -0.39 is 0 Å². The van der Waals surface area contributed by atoms with E-state index in [2.05, 4.69) is 24.1 Å². The van der Waals surface area contributed by atoms with E-state index in [9.17, 15) is 4.79 Å². The number of anilines is 1. The number of nitrogens with one attached hydrogen (secondary N) is 1. The van der Waals surface area contributed by atoms with Crippen molar-refractivity contribution in [2.75, 3.05) is 11.9 Å². The number of pyridine rings is 1. The quantitative estimate of drug-likeness (QED) is 0.927. The second-order valence-corrected chi connectivity index (χ2v) is 5.81. The number of likely N-dealkylation sites (tertiary alicyclic amines) is 1. The fourth-order valence-corrected chi connectivity index (χ4v) is 3.00. The van der Waals surface area contributed by atoms with Crippen LogP contribution in [0.4, 0.5) is 5.82 Å². The van der Waals surface area contributed by atoms with E-state index >= 15 is 0 Å². The Hall–Kier alpha value is -1.29. The van der Waals surface area contributed by atoms with Crippen molar-refractivity contribution in [3.63, 3.8) is 0 Å². The van der Waals surface area contributed by atoms with E-state index in [-0.39, 0.29) is 18.0 Å². The van der Waals surface area contributed by atoms with Crippen molar-refractivity contribution in [2.24, 2.45) is 0 Å². The molecule has 1 fully saturated rings. The summed E-state index contributed by atoms with van der Waals surface area (Å²) in [4.78, 5) is 19.0. The highest BCUT2D eigenvalue weighted by atomic mass is 35.5. The number of nitrogens with zero attached hydrogens (tertiary/aromatic N) is 2. The van der Waals surface area contributed by atoms with Crippen LogP contribution < -0.4 is 5.32 Å². The summed E-state index contributed by atoms with van der Waals surface area (Å²) in [5, 5.41) is 3.53. The highest BCUT2D eigenvalue weighted by molar-refractivity contribution is 6.33. The number of rotatable bonds is 3. The first-order chi connectivity index (χ1) is 9.54. The van der Waals surface area contributed by atoms with Gasteiger partial charge in [0, 0.05) is 18.6 Å². The van der Waals surface area contributed by atoms with E-state index in [0.717, 1.165) is 19.4 Å². The number of carbonyl (C=O) groups is 1. The first kappa shape index (κ1) is 15.1. The molecule has 0 aromatic carbocycles. The summed E-state index contributed by atoms with van der Waals surface area (Å²) in [6.45, 7) is 6.94. The molecule has 20 heavy (non-hydrogen) atoms. The van der Waals surface area contributed by atoms with Gasteiger partial charge in [-0.1, -0.05) is 11.6 Å². The number of halogens is 1. The smallest absolute Gasteiger partial charge is 0.274 e. The molecule has 0 bridgehead atoms. The molecule has 110 valence electrons. The minimum absolute atomic E-state index is 0.0607. The van der Waals surface area contributed by atoms with Gasteiger partial charge in [0.25, 0.3) is 5.91 Å². The molecular weight excluding hydrogens is 274 g/mol. The van der Waals surface area contributed by atoms with E-state index in [0.29, 0.717) is 16.5 Å². The summed E-state index contributed by atoms with van der Waals surface area (Å²) in [6, 6.07) is 4.02. The van der Waals surface area contributed by atoms with Crippen molar-refractivity contribution < 1.29 is 4.79 Å². The van der Waals surface area contributed by atoms with Gasteiger partial charge in [-0.15, -0.1) is 0 Å². The SMILES string of the molecule is CCNc1ccc(Cl)c(C(=O)N2[C@H](C)CCC[C@@H]2C)n1. The Balaban J connectivity index is 2.29. The van der Waals surface area contributed by atoms with Gasteiger partial charge in [-0.05, 0) is 52.2 Å². The van der Waals surface area contributed by atoms with Gasteiger partial charge in [0.1, 0.15) is 11.5 Å². The van der Waals surface area contributed by atoms with E-state index in [1.165, 1.54) is 6.42 Å². The van der Waals surface area contributed by atoms with Crippen LogP contribution in [0.2, 0.25) is 5.02 Å². The molecule has 5 heteroatoms. The fourth-order valence-electron chi connectivity index (χ4n) is 2.82. The molecule has 0 aliphatic carbocycles. The van der Waals surface area contributed by atoms with Gasteiger partial charge >= 0.3 is 0 Å². The second kappa shape index (κ2) is 6.44. The summed E-state index contributed by atoms with van der Waals surface area (Å²) >= 11 is 6.17. The fraction of sp³-hybridized carbons (Fsp3) is 0.600. The van der Waals surface area contributed by atoms with Gasteiger partial charge in [0.15, 0.2) is 0 Å². The summed E-state index contributed by atoms with van der Waals surface area (Å²) in [7, 11) is 0. The third-order valence-corrected chi connectivity index (χ3v) is 4.14. The largest absolute Gasteiger partial charge is 0.370 e. The molecule has 0 radical (unpaired) electrons. The molecule has 2 atom stereocenters. The van der Waals surface area contributed by atoms with Crippen molar-refractivity contribution >= 4 is 23.3 Å². The van der Waals surface area contributed by atoms with E-state index in [1.54, 1.807) is 12.1 Å². The number of hydrogen-bond donors (Lipinski definition) is 1. The maximum Gasteiger partial charge on any atom is 0.274 e. The van der Waals surface area contributed by atoms with Crippen molar-refractivity contribution in [1.82, 2.24) is 9.88 Å². The van der Waals surface area contributed by atoms with Crippen molar-refractivity contribution in [3.05, 3.63) is 22.8 Å². The Labute approximate surface area is 125 Å². The molecule has 1 aliphatic heterocycles. The lowest BCUT2D eigenvalue weighted by Gasteiger charge is -2.39. The van der Waals surface area contributed by atoms with Crippen LogP contribution in [0, 0.1) is 0 Å². The molecule has 4 nitrogen and oxygen atoms in total. The average molecular weight is 296 g/mol. The first-order valence-corrected chi connectivity index (χ1v) is 7.65. The number of aromatic nitrogens is 1. The number of amides is 1. The van der Waals surface area contributed by atoms with Crippen LogP contribution in [-0.4, -0.2) is 34.4 Å². The minimum Gasteiger partial charge on any atom is -0.370 e. The zero-order chi connectivity index (χ0) is 14.7. The monoisotopic (exact) mass is 295 g/mol. The van der Waals surface area contributed by atoms with Crippen LogP contribution in [0.25, 0.3) is 0 Å². The molecule has 0 saturated carbocycles. The molecule has 2 rings (SSSR count). The molecule has 1 amide bonds. The molecule has 1 N–H and O–H groups in total. The Morgan fingerprint density at radius 1 is 1.40 bits per heavy atom.